The molecule has 2 aliphatic heterocycles. The minimum atomic E-state index is -3.55. The number of sulfonamides is 1. The quantitative estimate of drug-likeness (QED) is 0.441. The van der Waals surface area contributed by atoms with Gasteiger partial charge in [-0.05, 0) is 63.1 Å². The summed E-state index contributed by atoms with van der Waals surface area (Å²) in [4.78, 5) is 31.9. The molecule has 1 aromatic carbocycles. The Morgan fingerprint density at radius 3 is 2.24 bits per heavy atom. The Balaban J connectivity index is 1.66. The maximum absolute atomic E-state index is 13.8. The molecule has 2 N–H and O–H groups in total. The number of aromatic nitrogens is 2. The lowest BCUT2D eigenvalue weighted by Crippen LogP contribution is -2.73. The Hall–Kier alpha value is -2.76. The Labute approximate surface area is 244 Å². The molecular formula is C30H46N6O4S. The molecule has 4 rings (SSSR count). The predicted octanol–water partition coefficient (Wildman–Crippen LogP) is 3.37. The highest BCUT2D eigenvalue weighted by Gasteiger charge is 2.54. The summed E-state index contributed by atoms with van der Waals surface area (Å²) in [5.41, 5.74) is 2.97. The highest BCUT2D eigenvalue weighted by Crippen LogP contribution is 2.40. The number of hydrogen-bond donors (Lipinski definition) is 2. The monoisotopic (exact) mass is 586 g/mol. The maximum atomic E-state index is 13.8. The third kappa shape index (κ3) is 5.94. The summed E-state index contributed by atoms with van der Waals surface area (Å²) in [6.07, 6.45) is 3.50. The van der Waals surface area contributed by atoms with Crippen LogP contribution < -0.4 is 5.32 Å². The lowest BCUT2D eigenvalue weighted by atomic mass is 9.79. The summed E-state index contributed by atoms with van der Waals surface area (Å²) in [5.74, 6) is 0.300. The van der Waals surface area contributed by atoms with Crippen molar-refractivity contribution >= 4 is 21.8 Å². The molecule has 0 radical (unpaired) electrons. The van der Waals surface area contributed by atoms with E-state index in [1.165, 1.54) is 18.4 Å². The summed E-state index contributed by atoms with van der Waals surface area (Å²) in [6, 6.07) is 6.41. The van der Waals surface area contributed by atoms with Gasteiger partial charge in [0.25, 0.3) is 0 Å². The van der Waals surface area contributed by atoms with E-state index in [0.29, 0.717) is 44.8 Å². The van der Waals surface area contributed by atoms with Gasteiger partial charge < -0.3 is 10.2 Å². The van der Waals surface area contributed by atoms with Crippen molar-refractivity contribution in [3.63, 3.8) is 0 Å². The third-order valence-electron chi connectivity index (χ3n) is 8.67. The lowest BCUT2D eigenvalue weighted by molar-refractivity contribution is -0.162. The van der Waals surface area contributed by atoms with Gasteiger partial charge in [0.1, 0.15) is 11.6 Å². The molecule has 10 nitrogen and oxygen atoms in total. The second-order valence-corrected chi connectivity index (χ2v) is 14.3. The SMILES string of the molecule is CCCCN1C(=O)[C@H](CC(C)C)NC(=O)C12CCN(C(c1ccc(S(=O)(=O)N(C)C)cc1)c1c(C)n[nH]c1C)CC2. The largest absolute Gasteiger partial charge is 0.342 e. The van der Waals surface area contributed by atoms with Crippen LogP contribution in [0, 0.1) is 19.8 Å². The zero-order valence-corrected chi connectivity index (χ0v) is 26.3. The fourth-order valence-electron chi connectivity index (χ4n) is 6.35. The number of rotatable bonds is 10. The van der Waals surface area contributed by atoms with E-state index in [9.17, 15) is 18.0 Å². The van der Waals surface area contributed by atoms with Crippen LogP contribution in [0.2, 0.25) is 0 Å². The van der Waals surface area contributed by atoms with Gasteiger partial charge in [-0.2, -0.15) is 5.10 Å². The van der Waals surface area contributed by atoms with Crippen molar-refractivity contribution in [1.29, 1.82) is 0 Å². The second kappa shape index (κ2) is 12.2. The summed E-state index contributed by atoms with van der Waals surface area (Å²) in [6.45, 7) is 12.0. The normalized spacial score (nSPS) is 20.7. The molecule has 0 saturated carbocycles. The smallest absolute Gasteiger partial charge is 0.246 e. The summed E-state index contributed by atoms with van der Waals surface area (Å²) in [7, 11) is -0.506. The molecule has 2 atom stereocenters. The van der Waals surface area contributed by atoms with Crippen LogP contribution in [0.3, 0.4) is 0 Å². The van der Waals surface area contributed by atoms with Gasteiger partial charge >= 0.3 is 0 Å². The number of carbonyl (C=O) groups excluding carboxylic acids is 2. The molecule has 0 bridgehead atoms. The molecule has 3 heterocycles. The minimum absolute atomic E-state index is 0.0379. The molecule has 226 valence electrons. The van der Waals surface area contributed by atoms with Crippen molar-refractivity contribution in [3.05, 3.63) is 46.8 Å². The highest BCUT2D eigenvalue weighted by atomic mass is 32.2. The van der Waals surface area contributed by atoms with Gasteiger partial charge in [0.05, 0.1) is 16.6 Å². The molecule has 1 spiro atoms. The number of piperidine rings is 1. The third-order valence-corrected chi connectivity index (χ3v) is 10.5. The topological polar surface area (TPSA) is 119 Å². The average Bonchev–Trinajstić information content (AvgIpc) is 3.26. The standard InChI is InChI=1S/C30H46N6O4S/c1-8-9-16-36-28(37)25(19-20(2)3)31-29(38)30(36)14-17-35(18-15-30)27(26-21(4)32-33-22(26)5)23-10-12-24(13-11-23)41(39,40)34(6)7/h10-13,20,25,27H,8-9,14-19H2,1-7H3,(H,31,38)(H,32,33)/t25-,27?/m0/s1. The average molecular weight is 587 g/mol. The van der Waals surface area contributed by atoms with Crippen LogP contribution in [-0.4, -0.2) is 89.8 Å². The van der Waals surface area contributed by atoms with E-state index in [1.54, 1.807) is 12.1 Å². The molecular weight excluding hydrogens is 540 g/mol. The highest BCUT2D eigenvalue weighted by molar-refractivity contribution is 7.89. The number of piperazine rings is 1. The van der Waals surface area contributed by atoms with Gasteiger partial charge in [0.15, 0.2) is 0 Å². The fourth-order valence-corrected chi connectivity index (χ4v) is 7.25. The number of H-pyrrole nitrogens is 1. The summed E-state index contributed by atoms with van der Waals surface area (Å²) >= 11 is 0. The second-order valence-electron chi connectivity index (χ2n) is 12.2. The number of unbranched alkanes of at least 4 members (excludes halogenated alkanes) is 1. The molecule has 2 aliphatic rings. The van der Waals surface area contributed by atoms with Crippen LogP contribution in [0.5, 0.6) is 0 Å². The maximum Gasteiger partial charge on any atom is 0.246 e. The van der Waals surface area contributed by atoms with Crippen molar-refractivity contribution in [2.24, 2.45) is 5.92 Å². The number of carbonyl (C=O) groups is 2. The first-order valence-electron chi connectivity index (χ1n) is 14.7. The molecule has 41 heavy (non-hydrogen) atoms. The number of hydrogen-bond acceptors (Lipinski definition) is 6. The van der Waals surface area contributed by atoms with Crippen molar-refractivity contribution in [2.45, 2.75) is 89.2 Å². The van der Waals surface area contributed by atoms with E-state index in [0.717, 1.165) is 35.4 Å². The fraction of sp³-hybridized carbons (Fsp3) is 0.633. The number of nitrogens with zero attached hydrogens (tertiary/aromatic N) is 4. The molecule has 0 aliphatic carbocycles. The first kappa shape index (κ1) is 31.2. The summed E-state index contributed by atoms with van der Waals surface area (Å²) < 4.78 is 26.6. The van der Waals surface area contributed by atoms with Crippen LogP contribution in [0.1, 0.15) is 81.4 Å². The first-order chi connectivity index (χ1) is 19.3. The summed E-state index contributed by atoms with van der Waals surface area (Å²) in [5, 5.41) is 10.6. The lowest BCUT2D eigenvalue weighted by Gasteiger charge is -2.52. The Morgan fingerprint density at radius 2 is 1.73 bits per heavy atom. The molecule has 11 heteroatoms. The van der Waals surface area contributed by atoms with Crippen LogP contribution >= 0.6 is 0 Å². The van der Waals surface area contributed by atoms with Gasteiger partial charge in [-0.1, -0.05) is 39.3 Å². The van der Waals surface area contributed by atoms with E-state index >= 15 is 0 Å². The van der Waals surface area contributed by atoms with Crippen molar-refractivity contribution in [3.8, 4) is 0 Å². The predicted molar refractivity (Wildman–Crippen MR) is 159 cm³/mol. The van der Waals surface area contributed by atoms with Crippen LogP contribution in [0.25, 0.3) is 0 Å². The molecule has 2 aromatic rings. The Bertz CT molecular complexity index is 1320. The number of benzene rings is 1. The number of aromatic amines is 1. The molecule has 1 aromatic heterocycles. The first-order valence-corrected chi connectivity index (χ1v) is 16.2. The van der Waals surface area contributed by atoms with Crippen LogP contribution in [0.15, 0.2) is 29.2 Å². The van der Waals surface area contributed by atoms with Gasteiger partial charge in [0, 0.05) is 45.0 Å². The van der Waals surface area contributed by atoms with E-state index in [-0.39, 0.29) is 22.8 Å². The van der Waals surface area contributed by atoms with Crippen molar-refractivity contribution in [1.82, 2.24) is 29.6 Å². The van der Waals surface area contributed by atoms with Crippen molar-refractivity contribution in [2.75, 3.05) is 33.7 Å². The van der Waals surface area contributed by atoms with E-state index in [2.05, 4.69) is 41.2 Å². The zero-order valence-electron chi connectivity index (χ0n) is 25.5. The Kier molecular flexibility index (Phi) is 9.30. The number of amides is 2. The number of likely N-dealkylation sites (tertiary alicyclic amines) is 1. The minimum Gasteiger partial charge on any atom is -0.342 e. The van der Waals surface area contributed by atoms with Crippen LogP contribution in [-0.2, 0) is 19.6 Å². The van der Waals surface area contributed by atoms with Gasteiger partial charge in [-0.15, -0.1) is 0 Å². The van der Waals surface area contributed by atoms with Gasteiger partial charge in [-0.25, -0.2) is 12.7 Å². The van der Waals surface area contributed by atoms with E-state index in [4.69, 9.17) is 0 Å². The van der Waals surface area contributed by atoms with Crippen molar-refractivity contribution < 1.29 is 18.0 Å². The number of aryl methyl sites for hydroxylation is 2. The molecule has 1 unspecified atom stereocenters. The van der Waals surface area contributed by atoms with Gasteiger partial charge in [-0.3, -0.25) is 19.6 Å². The van der Waals surface area contributed by atoms with E-state index in [1.807, 2.05) is 30.9 Å². The Morgan fingerprint density at radius 1 is 1.10 bits per heavy atom. The van der Waals surface area contributed by atoms with Gasteiger partial charge in [0.2, 0.25) is 21.8 Å². The van der Waals surface area contributed by atoms with Crippen LogP contribution in [0.4, 0.5) is 0 Å². The molecule has 2 fully saturated rings. The molecule has 2 amide bonds. The van der Waals surface area contributed by atoms with E-state index < -0.39 is 21.6 Å². The molecule has 2 saturated heterocycles. The number of nitrogens with one attached hydrogen (secondary N) is 2. The zero-order chi connectivity index (χ0) is 30.1.